The minimum atomic E-state index is -1.76. The second kappa shape index (κ2) is 4.64. The first-order valence-electron chi connectivity index (χ1n) is 5.13. The molecule has 1 N–H and O–H groups in total. The Hall–Kier alpha value is -1.11. The fraction of sp³-hybridized carbons (Fsp3) is 0.700. The van der Waals surface area contributed by atoms with E-state index in [4.69, 9.17) is 14.6 Å². The molecule has 0 aliphatic heterocycles. The molecule has 0 saturated heterocycles. The van der Waals surface area contributed by atoms with Crippen LogP contribution in [0.5, 0.6) is 0 Å². The monoisotopic (exact) mass is 308 g/mol. The second-order valence-corrected chi connectivity index (χ2v) is 4.98. The molecule has 0 aromatic rings. The van der Waals surface area contributed by atoms with Crippen LogP contribution in [0.1, 0.15) is 20.3 Å². The molecular formula is C10H13BrO6. The van der Waals surface area contributed by atoms with Crippen molar-refractivity contribution >= 4 is 33.8 Å². The maximum Gasteiger partial charge on any atom is 0.325 e. The van der Waals surface area contributed by atoms with E-state index in [-0.39, 0.29) is 19.6 Å². The summed E-state index contributed by atoms with van der Waals surface area (Å²) in [6.07, 6.45) is -0.160. The Labute approximate surface area is 106 Å². The van der Waals surface area contributed by atoms with Gasteiger partial charge in [-0.1, -0.05) is 15.9 Å². The first-order valence-corrected chi connectivity index (χ1v) is 5.92. The summed E-state index contributed by atoms with van der Waals surface area (Å²) < 4.78 is 7.89. The molecule has 0 spiro atoms. The van der Waals surface area contributed by atoms with Gasteiger partial charge in [-0.05, 0) is 13.8 Å². The molecule has 6 nitrogen and oxygen atoms in total. The molecule has 1 aliphatic carbocycles. The normalized spacial score (nSPS) is 24.9. The maximum atomic E-state index is 11.7. The van der Waals surface area contributed by atoms with Gasteiger partial charge < -0.3 is 14.6 Å². The first kappa shape index (κ1) is 14.0. The summed E-state index contributed by atoms with van der Waals surface area (Å²) in [5.41, 5.74) is -1.76. The van der Waals surface area contributed by atoms with Crippen LogP contribution in [0, 0.1) is 5.41 Å². The quantitative estimate of drug-likeness (QED) is 0.457. The number of esters is 2. The molecule has 1 rings (SSSR count). The van der Waals surface area contributed by atoms with Crippen molar-refractivity contribution in [2.24, 2.45) is 5.41 Å². The molecule has 0 aromatic carbocycles. The number of hydrogen-bond donors (Lipinski definition) is 1. The van der Waals surface area contributed by atoms with Crippen molar-refractivity contribution in [2.75, 3.05) is 13.2 Å². The van der Waals surface area contributed by atoms with Crippen molar-refractivity contribution in [3.8, 4) is 0 Å². The zero-order chi connectivity index (χ0) is 13.3. The topological polar surface area (TPSA) is 89.9 Å². The van der Waals surface area contributed by atoms with E-state index in [2.05, 4.69) is 15.9 Å². The van der Waals surface area contributed by atoms with Gasteiger partial charge in [-0.2, -0.15) is 0 Å². The molecular weight excluding hydrogens is 296 g/mol. The third-order valence-electron chi connectivity index (χ3n) is 2.65. The van der Waals surface area contributed by atoms with Gasteiger partial charge in [0.2, 0.25) is 0 Å². The highest BCUT2D eigenvalue weighted by molar-refractivity contribution is 9.10. The molecule has 17 heavy (non-hydrogen) atoms. The fourth-order valence-electron chi connectivity index (χ4n) is 1.64. The van der Waals surface area contributed by atoms with E-state index >= 15 is 0 Å². The lowest BCUT2D eigenvalue weighted by atomic mass is 10.0. The molecule has 1 saturated carbocycles. The minimum Gasteiger partial charge on any atom is -0.480 e. The van der Waals surface area contributed by atoms with Crippen molar-refractivity contribution in [3.05, 3.63) is 0 Å². The summed E-state index contributed by atoms with van der Waals surface area (Å²) in [6, 6.07) is 0. The summed E-state index contributed by atoms with van der Waals surface area (Å²) in [7, 11) is 0. The summed E-state index contributed by atoms with van der Waals surface area (Å²) in [4.78, 5) is 34.5. The fourth-order valence-corrected chi connectivity index (χ4v) is 2.38. The van der Waals surface area contributed by atoms with Crippen LogP contribution in [-0.2, 0) is 23.9 Å². The number of hydrogen-bond acceptors (Lipinski definition) is 5. The van der Waals surface area contributed by atoms with E-state index in [0.29, 0.717) is 0 Å². The minimum absolute atomic E-state index is 0.0721. The number of aliphatic carboxylic acids is 1. The average molecular weight is 309 g/mol. The smallest absolute Gasteiger partial charge is 0.325 e. The summed E-state index contributed by atoms with van der Waals surface area (Å²) >= 11 is 2.92. The summed E-state index contributed by atoms with van der Waals surface area (Å²) in [5.74, 6) is -3.01. The van der Waals surface area contributed by atoms with E-state index in [0.717, 1.165) is 0 Å². The maximum absolute atomic E-state index is 11.7. The van der Waals surface area contributed by atoms with Gasteiger partial charge in [0.05, 0.1) is 13.2 Å². The molecule has 1 atom stereocenters. The van der Waals surface area contributed by atoms with Crippen LogP contribution in [0.2, 0.25) is 0 Å². The number of rotatable bonds is 5. The molecule has 0 bridgehead atoms. The number of carboxylic acid groups (broad SMARTS) is 1. The number of carbonyl (C=O) groups is 3. The molecule has 0 heterocycles. The number of carboxylic acids is 1. The van der Waals surface area contributed by atoms with Gasteiger partial charge in [0.25, 0.3) is 0 Å². The highest BCUT2D eigenvalue weighted by Crippen LogP contribution is 2.63. The number of carbonyl (C=O) groups excluding carboxylic acids is 2. The number of alkyl halides is 1. The van der Waals surface area contributed by atoms with Gasteiger partial charge in [-0.3, -0.25) is 14.4 Å². The Bertz CT molecular complexity index is 348. The van der Waals surface area contributed by atoms with Crippen molar-refractivity contribution in [1.82, 2.24) is 0 Å². The Balaban J connectivity index is 3.02. The van der Waals surface area contributed by atoms with Crippen LogP contribution in [0.15, 0.2) is 0 Å². The third-order valence-corrected chi connectivity index (χ3v) is 3.94. The molecule has 0 radical (unpaired) electrons. The molecule has 96 valence electrons. The van der Waals surface area contributed by atoms with Crippen LogP contribution >= 0.6 is 15.9 Å². The zero-order valence-corrected chi connectivity index (χ0v) is 11.1. The number of ether oxygens (including phenoxy) is 2. The second-order valence-electron chi connectivity index (χ2n) is 3.63. The zero-order valence-electron chi connectivity index (χ0n) is 9.49. The third kappa shape index (κ3) is 1.92. The molecule has 0 aromatic heterocycles. The van der Waals surface area contributed by atoms with Crippen molar-refractivity contribution < 1.29 is 29.0 Å². The molecule has 1 fully saturated rings. The molecule has 1 aliphatic rings. The van der Waals surface area contributed by atoms with E-state index in [1.54, 1.807) is 13.8 Å². The van der Waals surface area contributed by atoms with Crippen molar-refractivity contribution in [1.29, 1.82) is 0 Å². The van der Waals surface area contributed by atoms with Crippen LogP contribution in [0.4, 0.5) is 0 Å². The Morgan fingerprint density at radius 1 is 1.18 bits per heavy atom. The molecule has 1 unspecified atom stereocenters. The average Bonchev–Trinajstić information content (AvgIpc) is 2.89. The van der Waals surface area contributed by atoms with Gasteiger partial charge in [0.1, 0.15) is 0 Å². The van der Waals surface area contributed by atoms with E-state index in [9.17, 15) is 14.4 Å². The van der Waals surface area contributed by atoms with Crippen LogP contribution in [0.3, 0.4) is 0 Å². The highest BCUT2D eigenvalue weighted by Gasteiger charge is 2.82. The van der Waals surface area contributed by atoms with Gasteiger partial charge in [0.15, 0.2) is 9.74 Å². The largest absolute Gasteiger partial charge is 0.480 e. The lowest BCUT2D eigenvalue weighted by Gasteiger charge is -2.16. The van der Waals surface area contributed by atoms with Crippen molar-refractivity contribution in [3.63, 3.8) is 0 Å². The summed E-state index contributed by atoms with van der Waals surface area (Å²) in [5, 5.41) is 9.02. The van der Waals surface area contributed by atoms with E-state index < -0.39 is 27.6 Å². The predicted octanol–water partition coefficient (Wildman–Crippen LogP) is 0.721. The lowest BCUT2D eigenvalue weighted by molar-refractivity contribution is -0.166. The number of halogens is 1. The van der Waals surface area contributed by atoms with Gasteiger partial charge in [-0.25, -0.2) is 0 Å². The Morgan fingerprint density at radius 2 is 1.59 bits per heavy atom. The highest BCUT2D eigenvalue weighted by atomic mass is 79.9. The van der Waals surface area contributed by atoms with Crippen LogP contribution in [-0.4, -0.2) is 40.6 Å². The molecule has 0 amide bonds. The van der Waals surface area contributed by atoms with E-state index in [1.807, 2.05) is 0 Å². The van der Waals surface area contributed by atoms with Crippen LogP contribution in [0.25, 0.3) is 0 Å². The first-order chi connectivity index (χ1) is 7.86. The summed E-state index contributed by atoms with van der Waals surface area (Å²) in [6.45, 7) is 3.30. The Kier molecular flexibility index (Phi) is 3.81. The standard InChI is InChI=1S/C10H13BrO6/c1-3-16-7(14)9(8(15)17-4-2)5-10(9,11)6(12)13/h3-5H2,1-2H3,(H,12,13). The van der Waals surface area contributed by atoms with Crippen molar-refractivity contribution in [2.45, 2.75) is 24.6 Å². The van der Waals surface area contributed by atoms with Gasteiger partial charge >= 0.3 is 17.9 Å². The Morgan fingerprint density at radius 3 is 1.82 bits per heavy atom. The molecule has 7 heteroatoms. The predicted molar refractivity (Wildman–Crippen MR) is 59.6 cm³/mol. The van der Waals surface area contributed by atoms with Gasteiger partial charge in [-0.15, -0.1) is 0 Å². The SMILES string of the molecule is CCOC(=O)C1(C(=O)OCC)CC1(Br)C(=O)O. The van der Waals surface area contributed by atoms with E-state index in [1.165, 1.54) is 0 Å². The van der Waals surface area contributed by atoms with Crippen LogP contribution < -0.4 is 0 Å². The van der Waals surface area contributed by atoms with Gasteiger partial charge in [0, 0.05) is 6.42 Å². The lowest BCUT2D eigenvalue weighted by Crippen LogP contribution is -2.39.